The van der Waals surface area contributed by atoms with Gasteiger partial charge in [-0.2, -0.15) is 5.26 Å². The molecule has 1 aromatic heterocycles. The number of benzene rings is 2. The standard InChI is InChI=1S/C17H11ClN4O/c18-16-15(10-19)17(21-11-20-16)22(12-4-2-1-3-5-12)13-6-8-14(23)9-7-13/h1-9,11,23H. The van der Waals surface area contributed by atoms with Crippen LogP contribution in [0.15, 0.2) is 60.9 Å². The summed E-state index contributed by atoms with van der Waals surface area (Å²) in [4.78, 5) is 9.87. The number of hydrogen-bond acceptors (Lipinski definition) is 5. The molecular formula is C17H11ClN4O. The first-order chi connectivity index (χ1) is 11.2. The molecule has 0 bridgehead atoms. The molecule has 0 aliphatic carbocycles. The van der Waals surface area contributed by atoms with E-state index in [9.17, 15) is 10.4 Å². The Morgan fingerprint density at radius 2 is 1.61 bits per heavy atom. The monoisotopic (exact) mass is 322 g/mol. The summed E-state index contributed by atoms with van der Waals surface area (Å²) in [6, 6.07) is 18.1. The summed E-state index contributed by atoms with van der Waals surface area (Å²) in [5.41, 5.74) is 1.73. The Balaban J connectivity index is 2.23. The van der Waals surface area contributed by atoms with Crippen molar-refractivity contribution < 1.29 is 5.11 Å². The first-order valence-electron chi connectivity index (χ1n) is 6.75. The maximum atomic E-state index is 9.51. The third-order valence-corrected chi connectivity index (χ3v) is 3.51. The second kappa shape index (κ2) is 6.34. The molecule has 3 aromatic rings. The Labute approximate surface area is 138 Å². The van der Waals surface area contributed by atoms with Crippen molar-refractivity contribution in [3.8, 4) is 11.8 Å². The lowest BCUT2D eigenvalue weighted by atomic mass is 10.2. The normalized spacial score (nSPS) is 10.1. The quantitative estimate of drug-likeness (QED) is 0.732. The molecule has 0 saturated carbocycles. The highest BCUT2D eigenvalue weighted by atomic mass is 35.5. The van der Waals surface area contributed by atoms with E-state index < -0.39 is 0 Å². The molecule has 0 spiro atoms. The number of nitriles is 1. The number of para-hydroxylation sites is 1. The maximum absolute atomic E-state index is 9.51. The maximum Gasteiger partial charge on any atom is 0.160 e. The van der Waals surface area contributed by atoms with Gasteiger partial charge in [-0.05, 0) is 36.4 Å². The van der Waals surface area contributed by atoms with E-state index in [4.69, 9.17) is 11.6 Å². The second-order valence-electron chi connectivity index (χ2n) is 4.66. The van der Waals surface area contributed by atoms with Crippen LogP contribution in [0.5, 0.6) is 5.75 Å². The minimum absolute atomic E-state index is 0.0946. The van der Waals surface area contributed by atoms with E-state index in [1.165, 1.54) is 6.33 Å². The van der Waals surface area contributed by atoms with Gasteiger partial charge in [-0.3, -0.25) is 4.90 Å². The topological polar surface area (TPSA) is 73.0 Å². The van der Waals surface area contributed by atoms with Gasteiger partial charge in [0.25, 0.3) is 0 Å². The molecule has 0 aliphatic heterocycles. The number of aromatic nitrogens is 2. The molecule has 3 rings (SSSR count). The summed E-state index contributed by atoms with van der Waals surface area (Å²) in [6.07, 6.45) is 1.31. The molecule has 2 aromatic carbocycles. The molecule has 23 heavy (non-hydrogen) atoms. The van der Waals surface area contributed by atoms with Crippen molar-refractivity contribution in [2.75, 3.05) is 4.90 Å². The average molecular weight is 323 g/mol. The molecule has 1 N–H and O–H groups in total. The Morgan fingerprint density at radius 1 is 0.957 bits per heavy atom. The lowest BCUT2D eigenvalue weighted by molar-refractivity contribution is 0.475. The summed E-state index contributed by atoms with van der Waals surface area (Å²) in [6.45, 7) is 0. The predicted molar refractivity (Wildman–Crippen MR) is 88.1 cm³/mol. The number of aromatic hydroxyl groups is 1. The van der Waals surface area contributed by atoms with Crippen LogP contribution in [0.25, 0.3) is 0 Å². The van der Waals surface area contributed by atoms with E-state index in [0.29, 0.717) is 5.82 Å². The largest absolute Gasteiger partial charge is 0.508 e. The Hall–Kier alpha value is -3.10. The van der Waals surface area contributed by atoms with Gasteiger partial charge in [0.1, 0.15) is 23.7 Å². The molecule has 0 amide bonds. The van der Waals surface area contributed by atoms with E-state index >= 15 is 0 Å². The van der Waals surface area contributed by atoms with Crippen LogP contribution in [0.2, 0.25) is 5.15 Å². The highest BCUT2D eigenvalue weighted by Crippen LogP contribution is 2.36. The zero-order chi connectivity index (χ0) is 16.2. The molecule has 0 unspecified atom stereocenters. The van der Waals surface area contributed by atoms with Gasteiger partial charge in [0, 0.05) is 11.4 Å². The second-order valence-corrected chi connectivity index (χ2v) is 5.02. The fraction of sp³-hybridized carbons (Fsp3) is 0. The van der Waals surface area contributed by atoms with Gasteiger partial charge in [-0.15, -0.1) is 0 Å². The van der Waals surface area contributed by atoms with Crippen LogP contribution in [-0.2, 0) is 0 Å². The van der Waals surface area contributed by atoms with Gasteiger partial charge >= 0.3 is 0 Å². The summed E-state index contributed by atoms with van der Waals surface area (Å²) >= 11 is 6.03. The van der Waals surface area contributed by atoms with Gasteiger partial charge in [0.15, 0.2) is 11.0 Å². The van der Waals surface area contributed by atoms with Crippen molar-refractivity contribution >= 4 is 28.8 Å². The van der Waals surface area contributed by atoms with Crippen molar-refractivity contribution in [3.05, 3.63) is 71.6 Å². The third-order valence-electron chi connectivity index (χ3n) is 3.23. The minimum atomic E-state index is 0.0946. The van der Waals surface area contributed by atoms with Crippen molar-refractivity contribution in [3.63, 3.8) is 0 Å². The van der Waals surface area contributed by atoms with Crippen LogP contribution in [0.1, 0.15) is 5.56 Å². The zero-order valence-electron chi connectivity index (χ0n) is 11.9. The van der Waals surface area contributed by atoms with Crippen LogP contribution in [-0.4, -0.2) is 15.1 Å². The summed E-state index contributed by atoms with van der Waals surface area (Å²) in [7, 11) is 0. The number of anilines is 3. The molecule has 0 aliphatic rings. The first kappa shape index (κ1) is 14.8. The molecule has 5 nitrogen and oxygen atoms in total. The SMILES string of the molecule is N#Cc1c(Cl)ncnc1N(c1ccccc1)c1ccc(O)cc1. The van der Waals surface area contributed by atoms with Crippen LogP contribution >= 0.6 is 11.6 Å². The van der Waals surface area contributed by atoms with E-state index in [-0.39, 0.29) is 16.5 Å². The van der Waals surface area contributed by atoms with Crippen molar-refractivity contribution in [2.24, 2.45) is 0 Å². The molecule has 0 radical (unpaired) electrons. The first-order valence-corrected chi connectivity index (χ1v) is 7.13. The molecular weight excluding hydrogens is 312 g/mol. The molecule has 0 saturated heterocycles. The number of nitrogens with zero attached hydrogens (tertiary/aromatic N) is 4. The smallest absolute Gasteiger partial charge is 0.160 e. The fourth-order valence-corrected chi connectivity index (χ4v) is 2.36. The minimum Gasteiger partial charge on any atom is -0.508 e. The highest BCUT2D eigenvalue weighted by molar-refractivity contribution is 6.30. The number of rotatable bonds is 3. The van der Waals surface area contributed by atoms with Crippen LogP contribution in [0.3, 0.4) is 0 Å². The van der Waals surface area contributed by atoms with Crippen LogP contribution in [0, 0.1) is 11.3 Å². The number of phenols is 1. The fourth-order valence-electron chi connectivity index (χ4n) is 2.19. The third kappa shape index (κ3) is 2.93. The molecule has 1 heterocycles. The summed E-state index contributed by atoms with van der Waals surface area (Å²) in [5, 5.41) is 19.0. The number of halogens is 1. The number of hydrogen-bond donors (Lipinski definition) is 1. The summed E-state index contributed by atoms with van der Waals surface area (Å²) < 4.78 is 0. The zero-order valence-corrected chi connectivity index (χ0v) is 12.6. The number of phenolic OH excluding ortho intramolecular Hbond substituents is 1. The molecule has 0 atom stereocenters. The lowest BCUT2D eigenvalue weighted by Crippen LogP contribution is -2.13. The molecule has 112 valence electrons. The highest BCUT2D eigenvalue weighted by Gasteiger charge is 2.19. The van der Waals surface area contributed by atoms with Gasteiger partial charge in [-0.25, -0.2) is 9.97 Å². The van der Waals surface area contributed by atoms with Crippen molar-refractivity contribution in [1.29, 1.82) is 5.26 Å². The predicted octanol–water partition coefficient (Wildman–Crippen LogP) is 4.18. The van der Waals surface area contributed by atoms with E-state index in [0.717, 1.165) is 11.4 Å². The Bertz CT molecular complexity index is 860. The van der Waals surface area contributed by atoms with Gasteiger partial charge in [0.05, 0.1) is 0 Å². The Morgan fingerprint density at radius 3 is 2.26 bits per heavy atom. The van der Waals surface area contributed by atoms with Gasteiger partial charge in [-0.1, -0.05) is 29.8 Å². The Kier molecular flexibility index (Phi) is 4.09. The summed E-state index contributed by atoms with van der Waals surface area (Å²) in [5.74, 6) is 0.535. The lowest BCUT2D eigenvalue weighted by Gasteiger charge is -2.24. The van der Waals surface area contributed by atoms with E-state index in [1.807, 2.05) is 36.4 Å². The van der Waals surface area contributed by atoms with Crippen LogP contribution in [0.4, 0.5) is 17.2 Å². The molecule has 0 fully saturated rings. The van der Waals surface area contributed by atoms with E-state index in [1.54, 1.807) is 29.2 Å². The molecule has 6 heteroatoms. The average Bonchev–Trinajstić information content (AvgIpc) is 2.58. The van der Waals surface area contributed by atoms with Gasteiger partial charge in [0.2, 0.25) is 0 Å². The van der Waals surface area contributed by atoms with Crippen LogP contribution < -0.4 is 4.90 Å². The van der Waals surface area contributed by atoms with Crippen molar-refractivity contribution in [2.45, 2.75) is 0 Å². The van der Waals surface area contributed by atoms with E-state index in [2.05, 4.69) is 9.97 Å². The van der Waals surface area contributed by atoms with Gasteiger partial charge < -0.3 is 5.11 Å². The van der Waals surface area contributed by atoms with Crippen molar-refractivity contribution in [1.82, 2.24) is 9.97 Å².